The van der Waals surface area contributed by atoms with Gasteiger partial charge in [0.25, 0.3) is 0 Å². The van der Waals surface area contributed by atoms with Gasteiger partial charge in [-0.3, -0.25) is 9.36 Å². The van der Waals surface area contributed by atoms with Gasteiger partial charge >= 0.3 is 5.69 Å². The lowest BCUT2D eigenvalue weighted by atomic mass is 10.1. The largest absolute Gasteiger partial charge is 0.493 e. The van der Waals surface area contributed by atoms with Crippen LogP contribution in [0.2, 0.25) is 0 Å². The number of rotatable bonds is 4. The molecule has 160 valence electrons. The number of likely N-dealkylation sites (tertiary alicyclic amines) is 1. The molecule has 2 aliphatic heterocycles. The second-order valence-corrected chi connectivity index (χ2v) is 9.30. The smallest absolute Gasteiger partial charge is 0.336 e. The van der Waals surface area contributed by atoms with Crippen molar-refractivity contribution in [2.75, 3.05) is 12.3 Å². The molecule has 1 fully saturated rings. The molecule has 7 heteroatoms. The summed E-state index contributed by atoms with van der Waals surface area (Å²) in [5, 5.41) is 13.1. The number of hydrogen-bond acceptors (Lipinski definition) is 4. The maximum Gasteiger partial charge on any atom is 0.336 e. The van der Waals surface area contributed by atoms with Crippen LogP contribution in [-0.4, -0.2) is 37.3 Å². The van der Waals surface area contributed by atoms with Crippen molar-refractivity contribution in [2.45, 2.75) is 23.4 Å². The number of aromatic nitrogens is 2. The van der Waals surface area contributed by atoms with E-state index in [1.165, 1.54) is 16.3 Å². The summed E-state index contributed by atoms with van der Waals surface area (Å²) in [7, 11) is 0. The van der Waals surface area contributed by atoms with E-state index in [0.29, 0.717) is 30.1 Å². The Balaban J connectivity index is 1.35. The standard InChI is InChI=1S/C25H21N3O3S/c29-22(15-32-18-9-2-1-3-10-18)26-14-17-13-21(26)23-24(30)28(25(31)27(17)23)20-12-6-8-16-7-4-5-11-19(16)20/h1-12,17,21,30H,13-15H2/t17-,21-/m0/s1. The molecule has 2 atom stereocenters. The van der Waals surface area contributed by atoms with Crippen LogP contribution in [0.4, 0.5) is 0 Å². The predicted octanol–water partition coefficient (Wildman–Crippen LogP) is 4.12. The Morgan fingerprint density at radius 2 is 1.75 bits per heavy atom. The minimum atomic E-state index is -0.271. The summed E-state index contributed by atoms with van der Waals surface area (Å²) in [6.45, 7) is 0.505. The molecule has 1 N–H and O–H groups in total. The number of amides is 1. The number of benzene rings is 3. The Hall–Kier alpha value is -3.45. The lowest BCUT2D eigenvalue weighted by molar-refractivity contribution is -0.129. The van der Waals surface area contributed by atoms with Crippen LogP contribution in [0.25, 0.3) is 16.5 Å². The number of carbonyl (C=O) groups excluding carboxylic acids is 1. The van der Waals surface area contributed by atoms with Crippen molar-refractivity contribution >= 4 is 28.4 Å². The van der Waals surface area contributed by atoms with Crippen LogP contribution in [0, 0.1) is 0 Å². The number of hydrogen-bond donors (Lipinski definition) is 1. The molecule has 1 saturated heterocycles. The van der Waals surface area contributed by atoms with Crippen molar-refractivity contribution in [1.29, 1.82) is 0 Å². The van der Waals surface area contributed by atoms with Crippen molar-refractivity contribution in [1.82, 2.24) is 14.0 Å². The Morgan fingerprint density at radius 1 is 1.00 bits per heavy atom. The van der Waals surface area contributed by atoms with Gasteiger partial charge in [-0.25, -0.2) is 9.36 Å². The third-order valence-corrected chi connectivity index (χ3v) is 7.49. The van der Waals surface area contributed by atoms with Gasteiger partial charge in [-0.2, -0.15) is 0 Å². The van der Waals surface area contributed by atoms with Gasteiger partial charge in [-0.05, 0) is 30.0 Å². The monoisotopic (exact) mass is 443 g/mol. The first kappa shape index (κ1) is 19.3. The highest BCUT2D eigenvalue weighted by atomic mass is 32.2. The first-order chi connectivity index (χ1) is 15.6. The third kappa shape index (κ3) is 2.81. The van der Waals surface area contributed by atoms with Crippen LogP contribution < -0.4 is 5.69 Å². The van der Waals surface area contributed by atoms with Gasteiger partial charge in [-0.15, -0.1) is 11.8 Å². The van der Waals surface area contributed by atoms with Crippen LogP contribution in [0.5, 0.6) is 5.88 Å². The predicted molar refractivity (Wildman–Crippen MR) is 124 cm³/mol. The molecule has 2 aliphatic rings. The molecular weight excluding hydrogens is 422 g/mol. The van der Waals surface area contributed by atoms with Crippen molar-refractivity contribution in [3.63, 3.8) is 0 Å². The van der Waals surface area contributed by atoms with E-state index in [2.05, 4.69) is 0 Å². The number of thioether (sulfide) groups is 1. The van der Waals surface area contributed by atoms with Crippen LogP contribution in [0.15, 0.2) is 82.5 Å². The number of fused-ring (bicyclic) bond motifs is 6. The quantitative estimate of drug-likeness (QED) is 0.482. The van der Waals surface area contributed by atoms with Gasteiger partial charge in [0.05, 0.1) is 23.5 Å². The van der Waals surface area contributed by atoms with Crippen LogP contribution in [-0.2, 0) is 4.79 Å². The Bertz CT molecular complexity index is 1400. The molecule has 3 aromatic carbocycles. The molecule has 1 aromatic heterocycles. The highest BCUT2D eigenvalue weighted by Crippen LogP contribution is 2.49. The van der Waals surface area contributed by atoms with Crippen LogP contribution in [0.3, 0.4) is 0 Å². The minimum Gasteiger partial charge on any atom is -0.493 e. The summed E-state index contributed by atoms with van der Waals surface area (Å²) in [4.78, 5) is 29.2. The SMILES string of the molecule is O=C(CSc1ccccc1)N1C[C@@H]2C[C@H]1c1c(O)n(-c3cccc4ccccc34)c(=O)n12. The van der Waals surface area contributed by atoms with Crippen molar-refractivity contribution in [2.24, 2.45) is 0 Å². The lowest BCUT2D eigenvalue weighted by Crippen LogP contribution is -2.38. The molecular formula is C25H21N3O3S. The van der Waals surface area contributed by atoms with E-state index in [0.717, 1.165) is 15.7 Å². The number of carbonyl (C=O) groups is 1. The molecule has 0 saturated carbocycles. The molecule has 0 aliphatic carbocycles. The second kappa shape index (κ2) is 7.31. The number of aromatic hydroxyl groups is 1. The summed E-state index contributed by atoms with van der Waals surface area (Å²) in [5.41, 5.74) is 0.966. The van der Waals surface area contributed by atoms with Gasteiger partial charge in [0.1, 0.15) is 5.69 Å². The second-order valence-electron chi connectivity index (χ2n) is 8.25. The van der Waals surface area contributed by atoms with Gasteiger partial charge in [0, 0.05) is 16.8 Å². The lowest BCUT2D eigenvalue weighted by Gasteiger charge is -2.27. The van der Waals surface area contributed by atoms with Crippen molar-refractivity contribution in [3.8, 4) is 11.6 Å². The molecule has 0 unspecified atom stereocenters. The highest BCUT2D eigenvalue weighted by molar-refractivity contribution is 8.00. The average molecular weight is 444 g/mol. The maximum atomic E-state index is 13.4. The molecule has 2 bridgehead atoms. The fraction of sp³-hybridized carbons (Fsp3) is 0.200. The Labute approximate surface area is 188 Å². The normalized spacial score (nSPS) is 18.9. The molecule has 32 heavy (non-hydrogen) atoms. The molecule has 0 radical (unpaired) electrons. The Kier molecular flexibility index (Phi) is 4.40. The fourth-order valence-electron chi connectivity index (χ4n) is 5.09. The highest BCUT2D eigenvalue weighted by Gasteiger charge is 2.49. The first-order valence-electron chi connectivity index (χ1n) is 10.6. The third-order valence-electron chi connectivity index (χ3n) is 6.49. The van der Waals surface area contributed by atoms with Gasteiger partial charge < -0.3 is 10.0 Å². The van der Waals surface area contributed by atoms with E-state index in [1.807, 2.05) is 77.7 Å². The minimum absolute atomic E-state index is 0.0300. The van der Waals surface area contributed by atoms with Gasteiger partial charge in [-0.1, -0.05) is 54.6 Å². The van der Waals surface area contributed by atoms with E-state index in [4.69, 9.17) is 0 Å². The van der Waals surface area contributed by atoms with Crippen molar-refractivity contribution in [3.05, 3.63) is 89.0 Å². The number of imidazole rings is 1. The molecule has 1 amide bonds. The molecule has 6 nitrogen and oxygen atoms in total. The zero-order chi connectivity index (χ0) is 21.8. The van der Waals surface area contributed by atoms with E-state index >= 15 is 0 Å². The van der Waals surface area contributed by atoms with E-state index in [9.17, 15) is 14.7 Å². The topological polar surface area (TPSA) is 67.5 Å². The molecule has 4 aromatic rings. The summed E-state index contributed by atoms with van der Waals surface area (Å²) >= 11 is 1.51. The Morgan fingerprint density at radius 3 is 2.59 bits per heavy atom. The van der Waals surface area contributed by atoms with Crippen LogP contribution in [0.1, 0.15) is 24.2 Å². The molecule has 0 spiro atoms. The van der Waals surface area contributed by atoms with E-state index in [-0.39, 0.29) is 29.6 Å². The zero-order valence-electron chi connectivity index (χ0n) is 17.2. The summed E-state index contributed by atoms with van der Waals surface area (Å²) in [5.74, 6) is 0.303. The fourth-order valence-corrected chi connectivity index (χ4v) is 5.89. The van der Waals surface area contributed by atoms with Crippen LogP contribution >= 0.6 is 11.8 Å². The maximum absolute atomic E-state index is 13.4. The summed E-state index contributed by atoms with van der Waals surface area (Å²) in [6.07, 6.45) is 0.677. The molecule has 3 heterocycles. The van der Waals surface area contributed by atoms with E-state index in [1.54, 1.807) is 4.57 Å². The summed E-state index contributed by atoms with van der Waals surface area (Å²) < 4.78 is 3.08. The summed E-state index contributed by atoms with van der Waals surface area (Å²) in [6, 6.07) is 23.0. The van der Waals surface area contributed by atoms with Gasteiger partial charge in [0.15, 0.2) is 0 Å². The van der Waals surface area contributed by atoms with E-state index < -0.39 is 0 Å². The van der Waals surface area contributed by atoms with Crippen molar-refractivity contribution < 1.29 is 9.90 Å². The average Bonchev–Trinajstić information content (AvgIpc) is 3.49. The zero-order valence-corrected chi connectivity index (χ0v) is 18.0. The number of nitrogens with zero attached hydrogens (tertiary/aromatic N) is 3. The van der Waals surface area contributed by atoms with Gasteiger partial charge in [0.2, 0.25) is 11.8 Å². The first-order valence-corrected chi connectivity index (χ1v) is 11.6. The molecule has 6 rings (SSSR count).